The molecule has 0 atom stereocenters. The van der Waals surface area contributed by atoms with Gasteiger partial charge >= 0.3 is 5.63 Å². The van der Waals surface area contributed by atoms with Gasteiger partial charge < -0.3 is 9.73 Å². The van der Waals surface area contributed by atoms with Crippen molar-refractivity contribution in [2.24, 2.45) is 0 Å². The molecule has 4 rings (SSSR count). The van der Waals surface area contributed by atoms with E-state index in [4.69, 9.17) is 4.42 Å². The molecule has 2 aromatic heterocycles. The van der Waals surface area contributed by atoms with Crippen LogP contribution in [-0.4, -0.2) is 16.1 Å². The summed E-state index contributed by atoms with van der Waals surface area (Å²) >= 11 is 0. The maximum absolute atomic E-state index is 12.5. The molecular formula is C20H15N3O3. The number of hydrogen-bond acceptors (Lipinski definition) is 4. The minimum atomic E-state index is -0.417. The van der Waals surface area contributed by atoms with Crippen molar-refractivity contribution in [2.75, 3.05) is 5.32 Å². The Bertz CT molecular complexity index is 1160. The molecule has 4 aromatic rings. The number of carbonyl (C=O) groups excluding carboxylic acids is 1. The van der Waals surface area contributed by atoms with Gasteiger partial charge in [-0.3, -0.25) is 9.89 Å². The summed E-state index contributed by atoms with van der Waals surface area (Å²) in [4.78, 5) is 24.0. The van der Waals surface area contributed by atoms with Crippen LogP contribution in [-0.2, 0) is 0 Å². The predicted molar refractivity (Wildman–Crippen MR) is 99.2 cm³/mol. The standard InChI is InChI=1S/C20H15N3O3/c1-12-9-19(24)26-18-10-14(7-8-15(12)18)21-20(25)17-11-16(22-23-17)13-5-3-2-4-6-13/h2-11H,1H3,(H,21,25)(H,22,23). The van der Waals surface area contributed by atoms with E-state index in [1.807, 2.05) is 43.3 Å². The molecule has 0 bridgehead atoms. The van der Waals surface area contributed by atoms with E-state index in [1.165, 1.54) is 6.07 Å². The molecule has 128 valence electrons. The van der Waals surface area contributed by atoms with Crippen molar-refractivity contribution in [1.29, 1.82) is 0 Å². The first-order chi connectivity index (χ1) is 12.6. The highest BCUT2D eigenvalue weighted by atomic mass is 16.4. The van der Waals surface area contributed by atoms with Crippen LogP contribution in [0, 0.1) is 6.92 Å². The molecule has 2 N–H and O–H groups in total. The van der Waals surface area contributed by atoms with E-state index in [1.54, 1.807) is 18.2 Å². The Labute approximate surface area is 148 Å². The molecule has 0 unspecified atom stereocenters. The number of hydrogen-bond donors (Lipinski definition) is 2. The van der Waals surface area contributed by atoms with Crippen LogP contribution in [0.1, 0.15) is 16.1 Å². The molecule has 6 nitrogen and oxygen atoms in total. The van der Waals surface area contributed by atoms with Gasteiger partial charge in [0.05, 0.1) is 5.69 Å². The van der Waals surface area contributed by atoms with Crippen molar-refractivity contribution in [1.82, 2.24) is 10.2 Å². The SMILES string of the molecule is Cc1cc(=O)oc2cc(NC(=O)c3cc(-c4ccccc4)n[nH]3)ccc12. The number of aromatic nitrogens is 2. The van der Waals surface area contributed by atoms with E-state index in [2.05, 4.69) is 15.5 Å². The molecule has 0 radical (unpaired) electrons. The molecule has 0 aliphatic rings. The third-order valence-electron chi connectivity index (χ3n) is 4.10. The summed E-state index contributed by atoms with van der Waals surface area (Å²) in [5.74, 6) is -0.325. The lowest BCUT2D eigenvalue weighted by atomic mass is 10.1. The lowest BCUT2D eigenvalue weighted by Gasteiger charge is -2.05. The first-order valence-electron chi connectivity index (χ1n) is 8.07. The second-order valence-corrected chi connectivity index (χ2v) is 5.95. The minimum Gasteiger partial charge on any atom is -0.423 e. The van der Waals surface area contributed by atoms with Crippen LogP contribution in [0.3, 0.4) is 0 Å². The quantitative estimate of drug-likeness (QED) is 0.554. The lowest BCUT2D eigenvalue weighted by Crippen LogP contribution is -2.12. The topological polar surface area (TPSA) is 88.0 Å². The molecule has 26 heavy (non-hydrogen) atoms. The number of nitrogens with one attached hydrogen (secondary N) is 2. The number of benzene rings is 2. The van der Waals surface area contributed by atoms with E-state index in [0.29, 0.717) is 22.7 Å². The molecule has 1 amide bonds. The van der Waals surface area contributed by atoms with E-state index < -0.39 is 5.63 Å². The largest absolute Gasteiger partial charge is 0.423 e. The van der Waals surface area contributed by atoms with Gasteiger partial charge in [0.15, 0.2) is 0 Å². The molecule has 0 aliphatic carbocycles. The summed E-state index contributed by atoms with van der Waals surface area (Å²) < 4.78 is 5.21. The molecule has 6 heteroatoms. The summed E-state index contributed by atoms with van der Waals surface area (Å²) in [6.45, 7) is 1.84. The van der Waals surface area contributed by atoms with Gasteiger partial charge in [-0.25, -0.2) is 4.79 Å². The summed E-state index contributed by atoms with van der Waals surface area (Å²) in [5.41, 5.74) is 3.33. The van der Waals surface area contributed by atoms with Crippen LogP contribution in [0.15, 0.2) is 69.9 Å². The number of fused-ring (bicyclic) bond motifs is 1. The van der Waals surface area contributed by atoms with Crippen LogP contribution in [0.25, 0.3) is 22.2 Å². The zero-order valence-corrected chi connectivity index (χ0v) is 13.9. The average molecular weight is 345 g/mol. The normalized spacial score (nSPS) is 10.8. The van der Waals surface area contributed by atoms with Gasteiger partial charge in [-0.1, -0.05) is 30.3 Å². The number of rotatable bonds is 3. The van der Waals surface area contributed by atoms with Crippen molar-refractivity contribution in [3.05, 3.63) is 82.3 Å². The van der Waals surface area contributed by atoms with Crippen LogP contribution in [0.4, 0.5) is 5.69 Å². The molecule has 0 saturated carbocycles. The number of amides is 1. The molecule has 0 aliphatic heterocycles. The predicted octanol–water partition coefficient (Wildman–Crippen LogP) is 3.74. The van der Waals surface area contributed by atoms with Crippen molar-refractivity contribution < 1.29 is 9.21 Å². The zero-order valence-electron chi connectivity index (χ0n) is 13.9. The van der Waals surface area contributed by atoms with Gasteiger partial charge in [-0.15, -0.1) is 0 Å². The number of anilines is 1. The van der Waals surface area contributed by atoms with Gasteiger partial charge in [0.1, 0.15) is 11.3 Å². The van der Waals surface area contributed by atoms with E-state index in [0.717, 1.165) is 16.5 Å². The number of H-pyrrole nitrogens is 1. The maximum Gasteiger partial charge on any atom is 0.336 e. The minimum absolute atomic E-state index is 0.325. The molecular weight excluding hydrogens is 330 g/mol. The van der Waals surface area contributed by atoms with Crippen molar-refractivity contribution in [2.45, 2.75) is 6.92 Å². The number of aryl methyl sites for hydroxylation is 1. The van der Waals surface area contributed by atoms with Gasteiger partial charge in [0.2, 0.25) is 0 Å². The third kappa shape index (κ3) is 3.00. The Morgan fingerprint density at radius 3 is 2.69 bits per heavy atom. The second kappa shape index (κ2) is 6.33. The first-order valence-corrected chi connectivity index (χ1v) is 8.07. The summed E-state index contributed by atoms with van der Waals surface area (Å²) in [7, 11) is 0. The lowest BCUT2D eigenvalue weighted by molar-refractivity contribution is 0.102. The van der Waals surface area contributed by atoms with Crippen LogP contribution < -0.4 is 10.9 Å². The summed E-state index contributed by atoms with van der Waals surface area (Å²) in [5, 5.41) is 10.5. The number of aromatic amines is 1. The number of nitrogens with zero attached hydrogens (tertiary/aromatic N) is 1. The fourth-order valence-corrected chi connectivity index (χ4v) is 2.80. The second-order valence-electron chi connectivity index (χ2n) is 5.95. The summed E-state index contributed by atoms with van der Waals surface area (Å²) in [6, 6.07) is 17.9. The van der Waals surface area contributed by atoms with E-state index >= 15 is 0 Å². The summed E-state index contributed by atoms with van der Waals surface area (Å²) in [6.07, 6.45) is 0. The highest BCUT2D eigenvalue weighted by Crippen LogP contribution is 2.22. The fraction of sp³-hybridized carbons (Fsp3) is 0.0500. The Kier molecular flexibility index (Phi) is 3.85. The third-order valence-corrected chi connectivity index (χ3v) is 4.10. The Hall–Kier alpha value is -3.67. The van der Waals surface area contributed by atoms with Gasteiger partial charge in [-0.05, 0) is 30.7 Å². The van der Waals surface area contributed by atoms with Crippen molar-refractivity contribution >= 4 is 22.6 Å². The maximum atomic E-state index is 12.5. The molecule has 0 fully saturated rings. The Balaban J connectivity index is 1.60. The van der Waals surface area contributed by atoms with E-state index in [-0.39, 0.29) is 5.91 Å². The van der Waals surface area contributed by atoms with Crippen LogP contribution in [0.2, 0.25) is 0 Å². The van der Waals surface area contributed by atoms with Crippen LogP contribution in [0.5, 0.6) is 0 Å². The molecule has 0 saturated heterocycles. The highest BCUT2D eigenvalue weighted by Gasteiger charge is 2.12. The van der Waals surface area contributed by atoms with Crippen LogP contribution >= 0.6 is 0 Å². The van der Waals surface area contributed by atoms with Gasteiger partial charge in [0.25, 0.3) is 5.91 Å². The molecule has 0 spiro atoms. The van der Waals surface area contributed by atoms with Gasteiger partial charge in [0, 0.05) is 28.8 Å². The Morgan fingerprint density at radius 2 is 1.88 bits per heavy atom. The fourth-order valence-electron chi connectivity index (χ4n) is 2.80. The molecule has 2 aromatic carbocycles. The Morgan fingerprint density at radius 1 is 1.08 bits per heavy atom. The monoisotopic (exact) mass is 345 g/mol. The highest BCUT2D eigenvalue weighted by molar-refractivity contribution is 6.04. The van der Waals surface area contributed by atoms with Crippen molar-refractivity contribution in [3.8, 4) is 11.3 Å². The van der Waals surface area contributed by atoms with Crippen molar-refractivity contribution in [3.63, 3.8) is 0 Å². The molecule has 2 heterocycles. The van der Waals surface area contributed by atoms with E-state index in [9.17, 15) is 9.59 Å². The zero-order chi connectivity index (χ0) is 18.1. The smallest absolute Gasteiger partial charge is 0.336 e. The first kappa shape index (κ1) is 15.8. The van der Waals surface area contributed by atoms with Gasteiger partial charge in [-0.2, -0.15) is 5.10 Å². The number of carbonyl (C=O) groups is 1. The average Bonchev–Trinajstić information content (AvgIpc) is 3.12.